The average Bonchev–Trinajstić information content (AvgIpc) is 2.30. The molecule has 0 saturated carbocycles. The van der Waals surface area contributed by atoms with Crippen LogP contribution in [0, 0.1) is 4.91 Å². The number of hydrogen-bond donors (Lipinski definition) is 2. The van der Waals surface area contributed by atoms with E-state index in [2.05, 4.69) is 10.5 Å². The van der Waals surface area contributed by atoms with Gasteiger partial charge in [0.05, 0.1) is 0 Å². The van der Waals surface area contributed by atoms with Crippen molar-refractivity contribution in [3.05, 3.63) is 52.3 Å². The van der Waals surface area contributed by atoms with Crippen molar-refractivity contribution in [2.75, 3.05) is 6.54 Å². The Hall–Kier alpha value is -2.17. The standard InChI is InChI=1S/C12H14N2O3/c1-9(15)11(14-17)12(16)13-8-7-10-5-3-2-4-6-10/h2-6,15H,7-8H2,1H3,(H,13,16). The van der Waals surface area contributed by atoms with Crippen LogP contribution in [0.5, 0.6) is 0 Å². The van der Waals surface area contributed by atoms with Crippen LogP contribution in [-0.2, 0) is 11.2 Å². The number of amides is 1. The molecule has 90 valence electrons. The van der Waals surface area contributed by atoms with Gasteiger partial charge in [-0.25, -0.2) is 0 Å². The molecule has 0 aliphatic carbocycles. The molecule has 0 bridgehead atoms. The lowest BCUT2D eigenvalue weighted by molar-refractivity contribution is -0.117. The number of carbonyl (C=O) groups is 1. The molecule has 0 aliphatic heterocycles. The van der Waals surface area contributed by atoms with Gasteiger partial charge in [0.2, 0.25) is 5.70 Å². The summed E-state index contributed by atoms with van der Waals surface area (Å²) in [5.74, 6) is -1.03. The number of allylic oxidation sites excluding steroid dienone is 1. The van der Waals surface area contributed by atoms with Gasteiger partial charge < -0.3 is 10.4 Å². The third kappa shape index (κ3) is 4.06. The highest BCUT2D eigenvalue weighted by Crippen LogP contribution is 2.03. The maximum absolute atomic E-state index is 11.4. The second-order valence-corrected chi connectivity index (χ2v) is 3.52. The third-order valence-electron chi connectivity index (χ3n) is 2.19. The van der Waals surface area contributed by atoms with Crippen LogP contribution in [0.25, 0.3) is 0 Å². The molecule has 0 heterocycles. The lowest BCUT2D eigenvalue weighted by Gasteiger charge is -2.04. The molecule has 5 heteroatoms. The van der Waals surface area contributed by atoms with E-state index in [1.54, 1.807) is 0 Å². The molecular weight excluding hydrogens is 220 g/mol. The Morgan fingerprint density at radius 1 is 1.35 bits per heavy atom. The van der Waals surface area contributed by atoms with Gasteiger partial charge >= 0.3 is 0 Å². The zero-order chi connectivity index (χ0) is 12.7. The second kappa shape index (κ2) is 6.42. The summed E-state index contributed by atoms with van der Waals surface area (Å²) < 4.78 is 0. The zero-order valence-electron chi connectivity index (χ0n) is 9.51. The topological polar surface area (TPSA) is 78.8 Å². The first-order valence-corrected chi connectivity index (χ1v) is 5.20. The molecule has 2 N–H and O–H groups in total. The van der Waals surface area contributed by atoms with Crippen LogP contribution in [0.2, 0.25) is 0 Å². The van der Waals surface area contributed by atoms with Crippen molar-refractivity contribution in [2.45, 2.75) is 13.3 Å². The molecule has 0 unspecified atom stereocenters. The first kappa shape index (κ1) is 12.9. The van der Waals surface area contributed by atoms with Crippen LogP contribution in [0.15, 0.2) is 47.0 Å². The molecule has 17 heavy (non-hydrogen) atoms. The van der Waals surface area contributed by atoms with Crippen molar-refractivity contribution >= 4 is 5.91 Å². The summed E-state index contributed by atoms with van der Waals surface area (Å²) in [7, 11) is 0. The lowest BCUT2D eigenvalue weighted by Crippen LogP contribution is -2.27. The summed E-state index contributed by atoms with van der Waals surface area (Å²) >= 11 is 0. The van der Waals surface area contributed by atoms with Gasteiger partial charge in [-0.2, -0.15) is 0 Å². The Kier molecular flexibility index (Phi) is 4.87. The summed E-state index contributed by atoms with van der Waals surface area (Å²) in [6, 6.07) is 9.62. The quantitative estimate of drug-likeness (QED) is 0.464. The highest BCUT2D eigenvalue weighted by molar-refractivity contribution is 5.93. The van der Waals surface area contributed by atoms with Crippen molar-refractivity contribution in [2.24, 2.45) is 5.18 Å². The average molecular weight is 234 g/mol. The fourth-order valence-electron chi connectivity index (χ4n) is 1.32. The first-order chi connectivity index (χ1) is 8.15. The lowest BCUT2D eigenvalue weighted by atomic mass is 10.1. The molecule has 0 aromatic heterocycles. The highest BCUT2D eigenvalue weighted by Gasteiger charge is 2.12. The van der Waals surface area contributed by atoms with E-state index >= 15 is 0 Å². The number of aliphatic hydroxyl groups excluding tert-OH is 1. The van der Waals surface area contributed by atoms with Crippen LogP contribution in [-0.4, -0.2) is 17.6 Å². The minimum Gasteiger partial charge on any atom is -0.510 e. The van der Waals surface area contributed by atoms with Crippen molar-refractivity contribution in [1.29, 1.82) is 0 Å². The predicted octanol–water partition coefficient (Wildman–Crippen LogP) is 1.90. The molecule has 1 aromatic carbocycles. The van der Waals surface area contributed by atoms with Crippen LogP contribution in [0.3, 0.4) is 0 Å². The van der Waals surface area contributed by atoms with E-state index < -0.39 is 11.6 Å². The Morgan fingerprint density at radius 2 is 2.00 bits per heavy atom. The summed E-state index contributed by atoms with van der Waals surface area (Å²) in [5.41, 5.74) is 0.608. The van der Waals surface area contributed by atoms with Crippen molar-refractivity contribution < 1.29 is 9.90 Å². The Labute approximate surface area is 99.1 Å². The van der Waals surface area contributed by atoms with Gasteiger partial charge in [0, 0.05) is 6.54 Å². The molecule has 0 fully saturated rings. The molecule has 1 amide bonds. The van der Waals surface area contributed by atoms with Crippen LogP contribution >= 0.6 is 0 Å². The van der Waals surface area contributed by atoms with Gasteiger partial charge in [0.15, 0.2) is 0 Å². The van der Waals surface area contributed by atoms with Gasteiger partial charge in [-0.1, -0.05) is 30.3 Å². The SMILES string of the molecule is CC(O)=C(N=O)C(=O)NCCc1ccccc1. The molecule has 0 atom stereocenters. The van der Waals surface area contributed by atoms with E-state index in [0.29, 0.717) is 13.0 Å². The molecule has 0 spiro atoms. The highest BCUT2D eigenvalue weighted by atomic mass is 16.3. The predicted molar refractivity (Wildman–Crippen MR) is 64.3 cm³/mol. The van der Waals surface area contributed by atoms with E-state index in [1.807, 2.05) is 30.3 Å². The maximum atomic E-state index is 11.4. The van der Waals surface area contributed by atoms with Gasteiger partial charge in [-0.3, -0.25) is 4.79 Å². The molecule has 1 rings (SSSR count). The third-order valence-corrected chi connectivity index (χ3v) is 2.19. The number of nitrogens with one attached hydrogen (secondary N) is 1. The number of aliphatic hydroxyl groups is 1. The van der Waals surface area contributed by atoms with Gasteiger partial charge in [0.1, 0.15) is 5.76 Å². The summed E-state index contributed by atoms with van der Waals surface area (Å²) in [6.07, 6.45) is 0.656. The second-order valence-electron chi connectivity index (χ2n) is 3.52. The molecule has 0 radical (unpaired) electrons. The first-order valence-electron chi connectivity index (χ1n) is 5.20. The number of benzene rings is 1. The van der Waals surface area contributed by atoms with E-state index in [-0.39, 0.29) is 5.76 Å². The molecule has 0 aliphatic rings. The van der Waals surface area contributed by atoms with Gasteiger partial charge in [0.25, 0.3) is 5.91 Å². The minimum absolute atomic E-state index is 0.378. The Bertz CT molecular complexity index is 423. The smallest absolute Gasteiger partial charge is 0.277 e. The van der Waals surface area contributed by atoms with Crippen molar-refractivity contribution in [3.8, 4) is 0 Å². The monoisotopic (exact) mass is 234 g/mol. The number of hydrogen-bond acceptors (Lipinski definition) is 4. The minimum atomic E-state index is -0.657. The molecule has 5 nitrogen and oxygen atoms in total. The van der Waals surface area contributed by atoms with E-state index in [4.69, 9.17) is 5.11 Å². The summed E-state index contributed by atoms with van der Waals surface area (Å²) in [6.45, 7) is 1.63. The number of nitroso groups, excluding NO2 is 1. The fourth-order valence-corrected chi connectivity index (χ4v) is 1.32. The van der Waals surface area contributed by atoms with Gasteiger partial charge in [-0.15, -0.1) is 4.91 Å². The Morgan fingerprint density at radius 3 is 2.53 bits per heavy atom. The molecular formula is C12H14N2O3. The molecule has 0 saturated heterocycles. The van der Waals surface area contributed by atoms with Crippen molar-refractivity contribution in [3.63, 3.8) is 0 Å². The van der Waals surface area contributed by atoms with Crippen LogP contribution in [0.1, 0.15) is 12.5 Å². The van der Waals surface area contributed by atoms with Crippen LogP contribution < -0.4 is 5.32 Å². The maximum Gasteiger partial charge on any atom is 0.277 e. The fraction of sp³-hybridized carbons (Fsp3) is 0.250. The van der Waals surface area contributed by atoms with E-state index in [0.717, 1.165) is 5.56 Å². The van der Waals surface area contributed by atoms with E-state index in [1.165, 1.54) is 6.92 Å². The number of carbonyl (C=O) groups excluding carboxylic acids is 1. The Balaban J connectivity index is 2.45. The van der Waals surface area contributed by atoms with E-state index in [9.17, 15) is 9.70 Å². The number of nitrogens with zero attached hydrogens (tertiary/aromatic N) is 1. The zero-order valence-corrected chi connectivity index (χ0v) is 9.51. The number of rotatable bonds is 5. The largest absolute Gasteiger partial charge is 0.510 e. The summed E-state index contributed by atoms with van der Waals surface area (Å²) in [4.78, 5) is 21.7. The normalized spacial score (nSPS) is 11.6. The van der Waals surface area contributed by atoms with Crippen molar-refractivity contribution in [1.82, 2.24) is 5.32 Å². The molecule has 1 aromatic rings. The summed E-state index contributed by atoms with van der Waals surface area (Å²) in [5, 5.41) is 14.0. The van der Waals surface area contributed by atoms with Gasteiger partial charge in [-0.05, 0) is 24.1 Å². The van der Waals surface area contributed by atoms with Crippen LogP contribution in [0.4, 0.5) is 0 Å².